The molecule has 1 N–H and O–H groups in total. The minimum atomic E-state index is -0.194. The molecule has 0 bridgehead atoms. The standard InChI is InChI=1S/C9H16O2/c1-7-2-3-9(4-5-11-9)8(10)6-7/h7-8,10H,2-6H2,1H3/t7-,8+,9-/m1/s1. The van der Waals surface area contributed by atoms with Gasteiger partial charge in [0.2, 0.25) is 0 Å². The lowest BCUT2D eigenvalue weighted by Gasteiger charge is -2.49. The van der Waals surface area contributed by atoms with Crippen molar-refractivity contribution in [3.8, 4) is 0 Å². The van der Waals surface area contributed by atoms with Crippen LogP contribution >= 0.6 is 0 Å². The Bertz CT molecular complexity index is 152. The first kappa shape index (κ1) is 7.56. The van der Waals surface area contributed by atoms with Gasteiger partial charge in [-0.25, -0.2) is 0 Å². The molecule has 0 aromatic carbocycles. The number of hydrogen-bond acceptors (Lipinski definition) is 2. The summed E-state index contributed by atoms with van der Waals surface area (Å²) in [5.41, 5.74) is -0.105. The lowest BCUT2D eigenvalue weighted by Crippen LogP contribution is -2.55. The van der Waals surface area contributed by atoms with Gasteiger partial charge in [0.15, 0.2) is 0 Å². The lowest BCUT2D eigenvalue weighted by molar-refractivity contribution is -0.224. The summed E-state index contributed by atoms with van der Waals surface area (Å²) in [5, 5.41) is 9.72. The van der Waals surface area contributed by atoms with Crippen LogP contribution < -0.4 is 0 Å². The third-order valence-electron chi connectivity index (χ3n) is 3.21. The van der Waals surface area contributed by atoms with E-state index in [9.17, 15) is 5.11 Å². The average molecular weight is 156 g/mol. The summed E-state index contributed by atoms with van der Waals surface area (Å²) in [6.45, 7) is 3.06. The molecule has 64 valence electrons. The van der Waals surface area contributed by atoms with Gasteiger partial charge in [0.05, 0.1) is 18.3 Å². The molecule has 1 spiro atoms. The van der Waals surface area contributed by atoms with Gasteiger partial charge in [-0.3, -0.25) is 0 Å². The topological polar surface area (TPSA) is 29.5 Å². The molecule has 2 fully saturated rings. The lowest BCUT2D eigenvalue weighted by atomic mass is 9.73. The van der Waals surface area contributed by atoms with E-state index in [2.05, 4.69) is 6.92 Å². The highest BCUT2D eigenvalue weighted by molar-refractivity contribution is 4.97. The van der Waals surface area contributed by atoms with E-state index in [0.29, 0.717) is 5.92 Å². The van der Waals surface area contributed by atoms with Crippen LogP contribution in [0.4, 0.5) is 0 Å². The average Bonchev–Trinajstić information content (AvgIpc) is 1.84. The molecule has 0 aromatic heterocycles. The Morgan fingerprint density at radius 2 is 2.18 bits per heavy atom. The summed E-state index contributed by atoms with van der Waals surface area (Å²) in [5.74, 6) is 0.680. The van der Waals surface area contributed by atoms with Crippen LogP contribution in [0.5, 0.6) is 0 Å². The van der Waals surface area contributed by atoms with Crippen molar-refractivity contribution in [1.29, 1.82) is 0 Å². The van der Waals surface area contributed by atoms with Gasteiger partial charge < -0.3 is 9.84 Å². The van der Waals surface area contributed by atoms with E-state index in [1.54, 1.807) is 0 Å². The van der Waals surface area contributed by atoms with Gasteiger partial charge in [-0.2, -0.15) is 0 Å². The van der Waals surface area contributed by atoms with Gasteiger partial charge in [0, 0.05) is 6.42 Å². The molecule has 11 heavy (non-hydrogen) atoms. The van der Waals surface area contributed by atoms with E-state index in [4.69, 9.17) is 4.74 Å². The SMILES string of the molecule is C[C@@H]1CC[C@@]2(CCO2)[C@@H](O)C1. The predicted molar refractivity (Wildman–Crippen MR) is 42.3 cm³/mol. The molecule has 0 unspecified atom stereocenters. The molecule has 2 rings (SSSR count). The van der Waals surface area contributed by atoms with Crippen LogP contribution in [0.15, 0.2) is 0 Å². The van der Waals surface area contributed by atoms with Gasteiger partial charge in [0.1, 0.15) is 0 Å². The summed E-state index contributed by atoms with van der Waals surface area (Å²) < 4.78 is 5.47. The molecule has 2 aliphatic rings. The highest BCUT2D eigenvalue weighted by Crippen LogP contribution is 2.42. The third kappa shape index (κ3) is 1.09. The van der Waals surface area contributed by atoms with Crippen molar-refractivity contribution < 1.29 is 9.84 Å². The minimum Gasteiger partial charge on any atom is -0.390 e. The zero-order valence-electron chi connectivity index (χ0n) is 7.05. The molecule has 2 heteroatoms. The Morgan fingerprint density at radius 3 is 2.64 bits per heavy atom. The van der Waals surface area contributed by atoms with Gasteiger partial charge in [-0.15, -0.1) is 0 Å². The van der Waals surface area contributed by atoms with Crippen LogP contribution in [0.3, 0.4) is 0 Å². The monoisotopic (exact) mass is 156 g/mol. The first-order chi connectivity index (χ1) is 5.23. The summed E-state index contributed by atoms with van der Waals surface area (Å²) in [4.78, 5) is 0. The zero-order chi connectivity index (χ0) is 7.90. The molecule has 0 aromatic rings. The second-order valence-electron chi connectivity index (χ2n) is 4.06. The Labute approximate surface area is 67.6 Å². The van der Waals surface area contributed by atoms with Crippen molar-refractivity contribution in [3.63, 3.8) is 0 Å². The Morgan fingerprint density at radius 1 is 1.45 bits per heavy atom. The fraction of sp³-hybridized carbons (Fsp3) is 1.00. The van der Waals surface area contributed by atoms with E-state index in [0.717, 1.165) is 25.9 Å². The Balaban J connectivity index is 2.01. The molecule has 1 saturated heterocycles. The summed E-state index contributed by atoms with van der Waals surface area (Å²) in [6.07, 6.45) is 4.09. The number of aliphatic hydroxyl groups is 1. The van der Waals surface area contributed by atoms with Gasteiger partial charge in [-0.1, -0.05) is 6.92 Å². The quantitative estimate of drug-likeness (QED) is 0.573. The second-order valence-corrected chi connectivity index (χ2v) is 4.06. The molecule has 1 aliphatic carbocycles. The fourth-order valence-corrected chi connectivity index (χ4v) is 2.20. The maximum atomic E-state index is 9.72. The molecule has 3 atom stereocenters. The van der Waals surface area contributed by atoms with E-state index in [-0.39, 0.29) is 11.7 Å². The van der Waals surface area contributed by atoms with Crippen molar-refractivity contribution in [2.45, 2.75) is 44.3 Å². The van der Waals surface area contributed by atoms with E-state index >= 15 is 0 Å². The number of rotatable bonds is 0. The fourth-order valence-electron chi connectivity index (χ4n) is 2.20. The van der Waals surface area contributed by atoms with Crippen LogP contribution in [0, 0.1) is 5.92 Å². The number of hydrogen-bond donors (Lipinski definition) is 1. The molecular formula is C9H16O2. The molecule has 1 heterocycles. The summed E-state index contributed by atoms with van der Waals surface area (Å²) in [6, 6.07) is 0. The Hall–Kier alpha value is -0.0800. The van der Waals surface area contributed by atoms with Crippen molar-refractivity contribution in [2.75, 3.05) is 6.61 Å². The second kappa shape index (κ2) is 2.46. The minimum absolute atomic E-state index is 0.105. The van der Waals surface area contributed by atoms with Crippen molar-refractivity contribution in [3.05, 3.63) is 0 Å². The van der Waals surface area contributed by atoms with Gasteiger partial charge >= 0.3 is 0 Å². The molecular weight excluding hydrogens is 140 g/mol. The Kier molecular flexibility index (Phi) is 1.69. The number of aliphatic hydroxyl groups excluding tert-OH is 1. The highest BCUT2D eigenvalue weighted by Gasteiger charge is 2.47. The number of ether oxygens (including phenoxy) is 1. The first-order valence-corrected chi connectivity index (χ1v) is 4.55. The molecule has 0 amide bonds. The maximum absolute atomic E-state index is 9.72. The molecule has 1 aliphatic heterocycles. The van der Waals surface area contributed by atoms with Crippen molar-refractivity contribution >= 4 is 0 Å². The summed E-state index contributed by atoms with van der Waals surface area (Å²) >= 11 is 0. The van der Waals surface area contributed by atoms with Crippen LogP contribution in [0.1, 0.15) is 32.6 Å². The van der Waals surface area contributed by atoms with Crippen LogP contribution in [0.25, 0.3) is 0 Å². The largest absolute Gasteiger partial charge is 0.390 e. The maximum Gasteiger partial charge on any atom is 0.0962 e. The van der Waals surface area contributed by atoms with Gasteiger partial charge in [0.25, 0.3) is 0 Å². The molecule has 2 nitrogen and oxygen atoms in total. The molecule has 0 radical (unpaired) electrons. The van der Waals surface area contributed by atoms with Crippen LogP contribution in [0.2, 0.25) is 0 Å². The summed E-state index contributed by atoms with van der Waals surface area (Å²) in [7, 11) is 0. The first-order valence-electron chi connectivity index (χ1n) is 4.55. The van der Waals surface area contributed by atoms with Crippen molar-refractivity contribution in [2.24, 2.45) is 5.92 Å². The van der Waals surface area contributed by atoms with E-state index in [1.807, 2.05) is 0 Å². The normalized spacial score (nSPS) is 50.7. The predicted octanol–water partition coefficient (Wildman–Crippen LogP) is 1.33. The highest BCUT2D eigenvalue weighted by atomic mass is 16.5. The smallest absolute Gasteiger partial charge is 0.0962 e. The van der Waals surface area contributed by atoms with Gasteiger partial charge in [-0.05, 0) is 25.2 Å². The van der Waals surface area contributed by atoms with E-state index < -0.39 is 0 Å². The molecule has 1 saturated carbocycles. The third-order valence-corrected chi connectivity index (χ3v) is 3.21. The van der Waals surface area contributed by atoms with Crippen molar-refractivity contribution in [1.82, 2.24) is 0 Å². The van der Waals surface area contributed by atoms with Crippen LogP contribution in [-0.4, -0.2) is 23.4 Å². The van der Waals surface area contributed by atoms with E-state index in [1.165, 1.54) is 6.42 Å². The zero-order valence-corrected chi connectivity index (χ0v) is 7.05. The van der Waals surface area contributed by atoms with Crippen LogP contribution in [-0.2, 0) is 4.74 Å².